The first kappa shape index (κ1) is 13.9. The van der Waals surface area contributed by atoms with Crippen molar-refractivity contribution in [2.75, 3.05) is 0 Å². The summed E-state index contributed by atoms with van der Waals surface area (Å²) in [6.45, 7) is 1.16. The number of carbonyl (C=O) groups is 1. The summed E-state index contributed by atoms with van der Waals surface area (Å²) in [6, 6.07) is 0. The Kier molecular flexibility index (Phi) is 4.91. The molecule has 0 fully saturated rings. The number of alkyl halides is 5. The van der Waals surface area contributed by atoms with Gasteiger partial charge in [0.15, 0.2) is 6.23 Å². The van der Waals surface area contributed by atoms with E-state index >= 15 is 0 Å². The van der Waals surface area contributed by atoms with E-state index in [1.807, 2.05) is 5.32 Å². The molecule has 0 aliphatic heterocycles. The van der Waals surface area contributed by atoms with Gasteiger partial charge in [-0.1, -0.05) is 58.0 Å². The van der Waals surface area contributed by atoms with E-state index in [0.717, 1.165) is 6.92 Å². The Morgan fingerprint density at radius 1 is 1.31 bits per heavy atom. The van der Waals surface area contributed by atoms with Gasteiger partial charge in [0.2, 0.25) is 14.0 Å². The zero-order chi connectivity index (χ0) is 10.9. The van der Waals surface area contributed by atoms with Gasteiger partial charge in [-0.2, -0.15) is 0 Å². The molecule has 2 N–H and O–H groups in total. The first-order chi connectivity index (χ1) is 5.59. The molecule has 0 spiro atoms. The van der Waals surface area contributed by atoms with Gasteiger partial charge in [-0.15, -0.1) is 0 Å². The maximum absolute atomic E-state index is 10.5. The third kappa shape index (κ3) is 3.86. The summed E-state index contributed by atoms with van der Waals surface area (Å²) in [6.07, 6.45) is -1.67. The SMILES string of the molecule is CC(=O)NC(O)C(Cl)(Cl)C(Cl)(Cl)Cl. The highest BCUT2D eigenvalue weighted by molar-refractivity contribution is 6.75. The fourth-order valence-corrected chi connectivity index (χ4v) is 0.857. The molecule has 0 aliphatic rings. The van der Waals surface area contributed by atoms with Crippen LogP contribution in [0.5, 0.6) is 0 Å². The van der Waals surface area contributed by atoms with Crippen molar-refractivity contribution in [3.63, 3.8) is 0 Å². The fraction of sp³-hybridized carbons (Fsp3) is 0.800. The summed E-state index contributed by atoms with van der Waals surface area (Å²) >= 11 is 27.1. The van der Waals surface area contributed by atoms with Crippen molar-refractivity contribution in [2.45, 2.75) is 21.3 Å². The zero-order valence-corrected chi connectivity index (χ0v) is 10.1. The van der Waals surface area contributed by atoms with Crippen LogP contribution in [0, 0.1) is 0 Å². The third-order valence-electron chi connectivity index (χ3n) is 1.06. The molecule has 1 atom stereocenters. The highest BCUT2D eigenvalue weighted by Crippen LogP contribution is 2.47. The second kappa shape index (κ2) is 4.60. The largest absolute Gasteiger partial charge is 0.370 e. The molecule has 0 saturated carbocycles. The van der Waals surface area contributed by atoms with Gasteiger partial charge in [0.05, 0.1) is 0 Å². The van der Waals surface area contributed by atoms with E-state index in [1.54, 1.807) is 0 Å². The van der Waals surface area contributed by atoms with Crippen LogP contribution >= 0.6 is 58.0 Å². The Balaban J connectivity index is 4.54. The molecule has 0 bridgehead atoms. The molecule has 0 aromatic carbocycles. The molecule has 0 saturated heterocycles. The number of aliphatic hydroxyl groups is 1. The molecule has 0 aromatic rings. The van der Waals surface area contributed by atoms with E-state index in [-0.39, 0.29) is 0 Å². The van der Waals surface area contributed by atoms with Crippen molar-refractivity contribution in [3.8, 4) is 0 Å². The number of nitrogens with one attached hydrogen (secondary N) is 1. The minimum absolute atomic E-state index is 0.549. The smallest absolute Gasteiger partial charge is 0.227 e. The molecule has 0 rings (SSSR count). The maximum Gasteiger partial charge on any atom is 0.227 e. The lowest BCUT2D eigenvalue weighted by atomic mass is 10.4. The molecule has 0 radical (unpaired) electrons. The zero-order valence-electron chi connectivity index (χ0n) is 6.32. The van der Waals surface area contributed by atoms with Crippen LogP contribution in [-0.2, 0) is 4.79 Å². The van der Waals surface area contributed by atoms with Gasteiger partial charge in [-0.05, 0) is 0 Å². The van der Waals surface area contributed by atoms with Crippen LogP contribution < -0.4 is 5.32 Å². The number of hydrogen-bond donors (Lipinski definition) is 2. The summed E-state index contributed by atoms with van der Waals surface area (Å²) in [7, 11) is 0. The Labute approximate surface area is 100 Å². The van der Waals surface area contributed by atoms with E-state index in [4.69, 9.17) is 58.0 Å². The monoisotopic (exact) mass is 287 g/mol. The summed E-state index contributed by atoms with van der Waals surface area (Å²) in [5.41, 5.74) is 0. The van der Waals surface area contributed by atoms with Gasteiger partial charge < -0.3 is 10.4 Å². The molecule has 13 heavy (non-hydrogen) atoms. The van der Waals surface area contributed by atoms with Crippen molar-refractivity contribution >= 4 is 63.9 Å². The summed E-state index contributed by atoms with van der Waals surface area (Å²) in [4.78, 5) is 10.5. The average molecular weight is 289 g/mol. The third-order valence-corrected chi connectivity index (χ3v) is 3.52. The molecule has 3 nitrogen and oxygen atoms in total. The first-order valence-electron chi connectivity index (χ1n) is 2.98. The normalized spacial score (nSPS) is 15.3. The highest BCUT2D eigenvalue weighted by Gasteiger charge is 2.51. The van der Waals surface area contributed by atoms with Gasteiger partial charge >= 0.3 is 0 Å². The minimum atomic E-state index is -2.11. The Morgan fingerprint density at radius 2 is 1.69 bits per heavy atom. The lowest BCUT2D eigenvalue weighted by molar-refractivity contribution is -0.122. The molecule has 78 valence electrons. The number of halogens is 5. The van der Waals surface area contributed by atoms with Crippen LogP contribution in [0.1, 0.15) is 6.92 Å². The second-order valence-electron chi connectivity index (χ2n) is 2.22. The summed E-state index contributed by atoms with van der Waals surface area (Å²) in [5.74, 6) is -0.549. The van der Waals surface area contributed by atoms with Crippen LogP contribution in [0.25, 0.3) is 0 Å². The van der Waals surface area contributed by atoms with Crippen LogP contribution in [0.2, 0.25) is 0 Å². The predicted molar refractivity (Wildman–Crippen MR) is 54.6 cm³/mol. The van der Waals surface area contributed by atoms with Crippen molar-refractivity contribution in [1.29, 1.82) is 0 Å². The van der Waals surface area contributed by atoms with E-state index in [0.29, 0.717) is 0 Å². The number of aliphatic hydroxyl groups excluding tert-OH is 1. The van der Waals surface area contributed by atoms with Crippen molar-refractivity contribution < 1.29 is 9.90 Å². The van der Waals surface area contributed by atoms with E-state index in [2.05, 4.69) is 0 Å². The summed E-state index contributed by atoms with van der Waals surface area (Å²) < 4.78 is -4.22. The van der Waals surface area contributed by atoms with Crippen molar-refractivity contribution in [3.05, 3.63) is 0 Å². The quantitative estimate of drug-likeness (QED) is 0.603. The first-order valence-corrected chi connectivity index (χ1v) is 4.87. The lowest BCUT2D eigenvalue weighted by Gasteiger charge is -2.31. The summed E-state index contributed by atoms with van der Waals surface area (Å²) in [5, 5.41) is 11.2. The average Bonchev–Trinajstić information content (AvgIpc) is 1.82. The van der Waals surface area contributed by atoms with Gasteiger partial charge in [-0.3, -0.25) is 4.79 Å². The maximum atomic E-state index is 10.5. The number of amides is 1. The Morgan fingerprint density at radius 3 is 1.92 bits per heavy atom. The van der Waals surface area contributed by atoms with Crippen molar-refractivity contribution in [2.24, 2.45) is 0 Å². The molecular weight excluding hydrogens is 283 g/mol. The Bertz CT molecular complexity index is 202. The second-order valence-corrected chi connectivity index (χ2v) is 5.89. The van der Waals surface area contributed by atoms with E-state index < -0.39 is 20.3 Å². The van der Waals surface area contributed by atoms with Gasteiger partial charge in [0, 0.05) is 6.92 Å². The molecule has 1 amide bonds. The number of rotatable bonds is 2. The molecule has 1 unspecified atom stereocenters. The van der Waals surface area contributed by atoms with Gasteiger partial charge in [0.25, 0.3) is 0 Å². The predicted octanol–water partition coefficient (Wildman–Crippen LogP) is 1.98. The topological polar surface area (TPSA) is 49.3 Å². The molecule has 0 heterocycles. The van der Waals surface area contributed by atoms with Gasteiger partial charge in [0.1, 0.15) is 0 Å². The standard InChI is InChI=1S/C5H6Cl5NO2/c1-2(12)11-3(13)4(6,7)5(8,9)10/h3,13H,1H3,(H,11,12). The van der Waals surface area contributed by atoms with Gasteiger partial charge in [-0.25, -0.2) is 0 Å². The van der Waals surface area contributed by atoms with Crippen molar-refractivity contribution in [1.82, 2.24) is 5.32 Å². The number of hydrogen-bond acceptors (Lipinski definition) is 2. The van der Waals surface area contributed by atoms with Crippen LogP contribution in [-0.4, -0.2) is 25.4 Å². The highest BCUT2D eigenvalue weighted by atomic mass is 35.6. The van der Waals surface area contributed by atoms with Crippen LogP contribution in [0.4, 0.5) is 0 Å². The molecule has 0 aromatic heterocycles. The fourth-order valence-electron chi connectivity index (χ4n) is 0.438. The molecule has 0 aliphatic carbocycles. The van der Waals surface area contributed by atoms with Crippen LogP contribution in [0.15, 0.2) is 0 Å². The minimum Gasteiger partial charge on any atom is -0.370 e. The number of carbonyl (C=O) groups excluding carboxylic acids is 1. The molecule has 8 heteroatoms. The molecular formula is C5H6Cl5NO2. The lowest BCUT2D eigenvalue weighted by Crippen LogP contribution is -2.52. The van der Waals surface area contributed by atoms with E-state index in [1.165, 1.54) is 0 Å². The Hall–Kier alpha value is 0.880. The van der Waals surface area contributed by atoms with E-state index in [9.17, 15) is 9.90 Å². The van der Waals surface area contributed by atoms with Crippen LogP contribution in [0.3, 0.4) is 0 Å².